The Morgan fingerprint density at radius 1 is 1.30 bits per heavy atom. The maximum atomic E-state index is 5.78. The van der Waals surface area contributed by atoms with Gasteiger partial charge in [0.15, 0.2) is 0 Å². The van der Waals surface area contributed by atoms with E-state index in [9.17, 15) is 0 Å². The molecule has 0 amide bonds. The molecule has 10 heavy (non-hydrogen) atoms. The molecule has 1 unspecified atom stereocenters. The van der Waals surface area contributed by atoms with Gasteiger partial charge in [0.25, 0.3) is 0 Å². The van der Waals surface area contributed by atoms with Gasteiger partial charge in [-0.1, -0.05) is 12.8 Å². The predicted molar refractivity (Wildman–Crippen MR) is 41.5 cm³/mol. The molecule has 1 atom stereocenters. The molecule has 0 aromatic carbocycles. The van der Waals surface area contributed by atoms with Crippen molar-refractivity contribution in [2.45, 2.75) is 38.3 Å². The summed E-state index contributed by atoms with van der Waals surface area (Å²) in [4.78, 5) is 0. The van der Waals surface area contributed by atoms with Crippen molar-refractivity contribution >= 4 is 0 Å². The van der Waals surface area contributed by atoms with E-state index in [-0.39, 0.29) is 6.17 Å². The maximum absolute atomic E-state index is 5.78. The van der Waals surface area contributed by atoms with Crippen molar-refractivity contribution in [1.29, 1.82) is 0 Å². The van der Waals surface area contributed by atoms with Crippen LogP contribution < -0.4 is 11.1 Å². The standard InChI is InChI=1S/C8H16N2/c9-7-5-8(6-10-7)3-1-2-4-8/h7,10H,1-6,9H2. The SMILES string of the molecule is NC1CC2(CCCC2)CN1. The minimum atomic E-state index is 0.290. The average Bonchev–Trinajstić information content (AvgIpc) is 2.46. The third-order valence-corrected chi connectivity index (χ3v) is 3.06. The van der Waals surface area contributed by atoms with Crippen LogP contribution in [0.2, 0.25) is 0 Å². The fourth-order valence-electron chi connectivity index (χ4n) is 2.46. The second-order valence-corrected chi connectivity index (χ2v) is 3.90. The molecule has 2 heteroatoms. The lowest BCUT2D eigenvalue weighted by molar-refractivity contribution is 0.329. The summed E-state index contributed by atoms with van der Waals surface area (Å²) >= 11 is 0. The molecular weight excluding hydrogens is 124 g/mol. The van der Waals surface area contributed by atoms with E-state index in [4.69, 9.17) is 5.73 Å². The van der Waals surface area contributed by atoms with Crippen molar-refractivity contribution in [2.75, 3.05) is 6.54 Å². The molecule has 1 saturated heterocycles. The van der Waals surface area contributed by atoms with Gasteiger partial charge in [0, 0.05) is 6.54 Å². The van der Waals surface area contributed by atoms with Crippen LogP contribution >= 0.6 is 0 Å². The zero-order valence-corrected chi connectivity index (χ0v) is 6.40. The van der Waals surface area contributed by atoms with Crippen LogP contribution in [0.5, 0.6) is 0 Å². The third-order valence-electron chi connectivity index (χ3n) is 3.06. The molecule has 1 aliphatic heterocycles. The molecule has 0 aromatic heterocycles. The van der Waals surface area contributed by atoms with Crippen molar-refractivity contribution in [3.05, 3.63) is 0 Å². The van der Waals surface area contributed by atoms with Gasteiger partial charge in [-0.15, -0.1) is 0 Å². The second-order valence-electron chi connectivity index (χ2n) is 3.90. The van der Waals surface area contributed by atoms with Gasteiger partial charge < -0.3 is 11.1 Å². The Morgan fingerprint density at radius 3 is 2.50 bits per heavy atom. The summed E-state index contributed by atoms with van der Waals surface area (Å²) in [5.74, 6) is 0. The topological polar surface area (TPSA) is 38.0 Å². The molecule has 3 N–H and O–H groups in total. The number of rotatable bonds is 0. The van der Waals surface area contributed by atoms with Gasteiger partial charge in [0.1, 0.15) is 0 Å². The number of nitrogens with one attached hydrogen (secondary N) is 1. The Morgan fingerprint density at radius 2 is 2.00 bits per heavy atom. The molecule has 58 valence electrons. The quantitative estimate of drug-likeness (QED) is 0.523. The molecule has 2 aliphatic rings. The van der Waals surface area contributed by atoms with Crippen LogP contribution in [0, 0.1) is 5.41 Å². The first-order chi connectivity index (χ1) is 4.81. The second kappa shape index (κ2) is 2.21. The smallest absolute Gasteiger partial charge is 0.0552 e. The van der Waals surface area contributed by atoms with E-state index in [0.717, 1.165) is 0 Å². The lowest BCUT2D eigenvalue weighted by Gasteiger charge is -2.20. The number of nitrogens with two attached hydrogens (primary N) is 1. The predicted octanol–water partition coefficient (Wildman–Crippen LogP) is 0.825. The normalized spacial score (nSPS) is 37.5. The van der Waals surface area contributed by atoms with Gasteiger partial charge in [-0.25, -0.2) is 0 Å². The average molecular weight is 140 g/mol. The Bertz CT molecular complexity index is 127. The van der Waals surface area contributed by atoms with E-state index < -0.39 is 0 Å². The first-order valence-corrected chi connectivity index (χ1v) is 4.30. The van der Waals surface area contributed by atoms with Crippen LogP contribution in [0.25, 0.3) is 0 Å². The van der Waals surface area contributed by atoms with Crippen LogP contribution in [0.4, 0.5) is 0 Å². The first-order valence-electron chi connectivity index (χ1n) is 4.30. The Balaban J connectivity index is 2.03. The maximum Gasteiger partial charge on any atom is 0.0552 e. The molecule has 1 heterocycles. The summed E-state index contributed by atoms with van der Waals surface area (Å²) in [7, 11) is 0. The number of hydrogen-bond donors (Lipinski definition) is 2. The van der Waals surface area contributed by atoms with Crippen molar-refractivity contribution in [2.24, 2.45) is 11.1 Å². The fourth-order valence-corrected chi connectivity index (χ4v) is 2.46. The van der Waals surface area contributed by atoms with E-state index in [2.05, 4.69) is 5.32 Å². The highest BCUT2D eigenvalue weighted by Gasteiger charge is 2.39. The lowest BCUT2D eigenvalue weighted by Crippen LogP contribution is -2.30. The van der Waals surface area contributed by atoms with Crippen LogP contribution in [0.1, 0.15) is 32.1 Å². The van der Waals surface area contributed by atoms with Crippen LogP contribution in [0.15, 0.2) is 0 Å². The Labute approximate surface area is 62.2 Å². The highest BCUT2D eigenvalue weighted by atomic mass is 15.1. The van der Waals surface area contributed by atoms with Crippen molar-refractivity contribution in [1.82, 2.24) is 5.32 Å². The fraction of sp³-hybridized carbons (Fsp3) is 1.00. The minimum Gasteiger partial charge on any atom is -0.316 e. The van der Waals surface area contributed by atoms with E-state index >= 15 is 0 Å². The molecule has 2 fully saturated rings. The first kappa shape index (κ1) is 6.62. The molecule has 1 aliphatic carbocycles. The minimum absolute atomic E-state index is 0.290. The summed E-state index contributed by atoms with van der Waals surface area (Å²) in [6.07, 6.45) is 7.18. The van der Waals surface area contributed by atoms with Crippen LogP contribution in [-0.2, 0) is 0 Å². The number of hydrogen-bond acceptors (Lipinski definition) is 2. The summed E-state index contributed by atoms with van der Waals surface area (Å²) < 4.78 is 0. The van der Waals surface area contributed by atoms with E-state index in [1.54, 1.807) is 0 Å². The highest BCUT2D eigenvalue weighted by molar-refractivity contribution is 4.94. The Kier molecular flexibility index (Phi) is 1.46. The van der Waals surface area contributed by atoms with Crippen LogP contribution in [0.3, 0.4) is 0 Å². The zero-order chi connectivity index (χ0) is 7.03. The van der Waals surface area contributed by atoms with Crippen molar-refractivity contribution in [3.8, 4) is 0 Å². The van der Waals surface area contributed by atoms with Gasteiger partial charge in [-0.3, -0.25) is 0 Å². The zero-order valence-electron chi connectivity index (χ0n) is 6.40. The molecule has 1 saturated carbocycles. The molecule has 0 radical (unpaired) electrons. The largest absolute Gasteiger partial charge is 0.316 e. The third kappa shape index (κ3) is 0.956. The van der Waals surface area contributed by atoms with Gasteiger partial charge in [0.05, 0.1) is 6.17 Å². The molecule has 0 bridgehead atoms. The van der Waals surface area contributed by atoms with Crippen molar-refractivity contribution in [3.63, 3.8) is 0 Å². The molecule has 0 aromatic rings. The molecule has 1 spiro atoms. The monoisotopic (exact) mass is 140 g/mol. The summed E-state index contributed by atoms with van der Waals surface area (Å²) in [6, 6.07) is 0. The molecule has 2 nitrogen and oxygen atoms in total. The highest BCUT2D eigenvalue weighted by Crippen LogP contribution is 2.43. The van der Waals surface area contributed by atoms with E-state index in [0.29, 0.717) is 5.41 Å². The molecular formula is C8H16N2. The van der Waals surface area contributed by atoms with Gasteiger partial charge in [0.2, 0.25) is 0 Å². The van der Waals surface area contributed by atoms with E-state index in [1.807, 2.05) is 0 Å². The summed E-state index contributed by atoms with van der Waals surface area (Å²) in [5.41, 5.74) is 6.40. The molecule has 2 rings (SSSR count). The van der Waals surface area contributed by atoms with Gasteiger partial charge >= 0.3 is 0 Å². The summed E-state index contributed by atoms with van der Waals surface area (Å²) in [5, 5.41) is 3.33. The van der Waals surface area contributed by atoms with Crippen LogP contribution in [-0.4, -0.2) is 12.7 Å². The van der Waals surface area contributed by atoms with Crippen molar-refractivity contribution < 1.29 is 0 Å². The lowest BCUT2D eigenvalue weighted by atomic mass is 9.85. The Hall–Kier alpha value is -0.0800. The van der Waals surface area contributed by atoms with Gasteiger partial charge in [-0.05, 0) is 24.7 Å². The van der Waals surface area contributed by atoms with E-state index in [1.165, 1.54) is 38.6 Å². The summed E-state index contributed by atoms with van der Waals surface area (Å²) in [6.45, 7) is 1.17. The van der Waals surface area contributed by atoms with Gasteiger partial charge in [-0.2, -0.15) is 0 Å².